The number of carboxylic acids is 1. The molecular formula is C8H13NO2S2. The first-order valence-corrected chi connectivity index (χ1v) is 6.58. The first-order chi connectivity index (χ1) is 6.22. The third-order valence-electron chi connectivity index (χ3n) is 2.47. The fraction of sp³-hybridized carbons (Fsp3) is 0.875. The molecule has 2 aliphatic rings. The van der Waals surface area contributed by atoms with E-state index in [1.807, 2.05) is 11.8 Å². The van der Waals surface area contributed by atoms with E-state index in [2.05, 4.69) is 5.32 Å². The number of hydrogen-bond donors (Lipinski definition) is 2. The topological polar surface area (TPSA) is 49.3 Å². The van der Waals surface area contributed by atoms with E-state index in [1.54, 1.807) is 11.8 Å². The number of thioether (sulfide) groups is 2. The van der Waals surface area contributed by atoms with Gasteiger partial charge in [0.05, 0.1) is 4.87 Å². The first kappa shape index (κ1) is 9.68. The molecule has 0 aliphatic carbocycles. The van der Waals surface area contributed by atoms with Gasteiger partial charge in [-0.2, -0.15) is 11.8 Å². The van der Waals surface area contributed by atoms with E-state index in [-0.39, 0.29) is 10.9 Å². The van der Waals surface area contributed by atoms with Crippen molar-refractivity contribution in [2.45, 2.75) is 23.8 Å². The zero-order valence-electron chi connectivity index (χ0n) is 7.28. The molecule has 2 N–H and O–H groups in total. The molecule has 0 aromatic rings. The second-order valence-electron chi connectivity index (χ2n) is 3.50. The normalized spacial score (nSPS) is 39.5. The highest BCUT2D eigenvalue weighted by Crippen LogP contribution is 2.40. The second kappa shape index (κ2) is 3.71. The highest BCUT2D eigenvalue weighted by atomic mass is 32.2. The maximum Gasteiger partial charge on any atom is 0.321 e. The standard InChI is InChI=1S/C8H13NO2S2/c10-7(11)6-4-13-8(9-6)2-1-3-12-5-8/h6,9H,1-5H2,(H,10,11)/t6-,8?/m1/s1. The Morgan fingerprint density at radius 2 is 2.46 bits per heavy atom. The van der Waals surface area contributed by atoms with E-state index in [0.29, 0.717) is 0 Å². The van der Waals surface area contributed by atoms with E-state index in [0.717, 1.165) is 17.9 Å². The van der Waals surface area contributed by atoms with Gasteiger partial charge in [0, 0.05) is 11.5 Å². The summed E-state index contributed by atoms with van der Waals surface area (Å²) in [5, 5.41) is 12.1. The Hall–Kier alpha value is 0.130. The molecule has 5 heteroatoms. The number of carbonyl (C=O) groups is 1. The van der Waals surface area contributed by atoms with Crippen molar-refractivity contribution >= 4 is 29.5 Å². The van der Waals surface area contributed by atoms with Crippen LogP contribution in [0.3, 0.4) is 0 Å². The Balaban J connectivity index is 1.98. The van der Waals surface area contributed by atoms with E-state index < -0.39 is 5.97 Å². The molecule has 1 unspecified atom stereocenters. The molecule has 74 valence electrons. The fourth-order valence-electron chi connectivity index (χ4n) is 1.77. The van der Waals surface area contributed by atoms with Crippen molar-refractivity contribution in [2.75, 3.05) is 17.3 Å². The molecule has 2 atom stereocenters. The van der Waals surface area contributed by atoms with Crippen LogP contribution in [-0.4, -0.2) is 39.2 Å². The van der Waals surface area contributed by atoms with Crippen LogP contribution in [0.1, 0.15) is 12.8 Å². The van der Waals surface area contributed by atoms with Gasteiger partial charge in [0.1, 0.15) is 6.04 Å². The number of nitrogens with one attached hydrogen (secondary N) is 1. The minimum absolute atomic E-state index is 0.0754. The summed E-state index contributed by atoms with van der Waals surface area (Å²) in [6, 6.07) is -0.330. The average Bonchev–Trinajstić information content (AvgIpc) is 2.51. The molecule has 2 fully saturated rings. The molecule has 0 amide bonds. The molecule has 13 heavy (non-hydrogen) atoms. The molecule has 3 nitrogen and oxygen atoms in total. The first-order valence-electron chi connectivity index (χ1n) is 4.44. The van der Waals surface area contributed by atoms with Gasteiger partial charge in [-0.3, -0.25) is 10.1 Å². The highest BCUT2D eigenvalue weighted by molar-refractivity contribution is 8.04. The summed E-state index contributed by atoms with van der Waals surface area (Å²) in [6.07, 6.45) is 2.32. The largest absolute Gasteiger partial charge is 0.480 e. The maximum absolute atomic E-state index is 10.7. The zero-order chi connectivity index (χ0) is 9.31. The van der Waals surface area contributed by atoms with Gasteiger partial charge < -0.3 is 5.11 Å². The van der Waals surface area contributed by atoms with Crippen LogP contribution in [0.5, 0.6) is 0 Å². The van der Waals surface area contributed by atoms with E-state index in [9.17, 15) is 4.79 Å². The van der Waals surface area contributed by atoms with Crippen LogP contribution >= 0.6 is 23.5 Å². The second-order valence-corrected chi connectivity index (χ2v) is 6.01. The molecule has 0 bridgehead atoms. The predicted molar refractivity (Wildman–Crippen MR) is 56.3 cm³/mol. The molecule has 2 aliphatic heterocycles. The SMILES string of the molecule is O=C(O)[C@H]1CSC2(CCCSC2)N1. The predicted octanol–water partition coefficient (Wildman–Crippen LogP) is 0.999. The third-order valence-corrected chi connectivity index (χ3v) is 5.44. The van der Waals surface area contributed by atoms with Crippen molar-refractivity contribution in [3.8, 4) is 0 Å². The number of carboxylic acid groups (broad SMARTS) is 1. The van der Waals surface area contributed by atoms with Gasteiger partial charge in [-0.25, -0.2) is 0 Å². The smallest absolute Gasteiger partial charge is 0.321 e. The Bertz CT molecular complexity index is 216. The van der Waals surface area contributed by atoms with Gasteiger partial charge in [0.2, 0.25) is 0 Å². The molecule has 2 saturated heterocycles. The van der Waals surface area contributed by atoms with Crippen molar-refractivity contribution < 1.29 is 9.90 Å². The van der Waals surface area contributed by atoms with Crippen LogP contribution in [0.2, 0.25) is 0 Å². The van der Waals surface area contributed by atoms with Crippen LogP contribution in [0, 0.1) is 0 Å². The highest BCUT2D eigenvalue weighted by Gasteiger charge is 2.42. The van der Waals surface area contributed by atoms with Crippen molar-refractivity contribution in [3.05, 3.63) is 0 Å². The molecule has 0 aromatic carbocycles. The van der Waals surface area contributed by atoms with Crippen LogP contribution in [0.15, 0.2) is 0 Å². The van der Waals surface area contributed by atoms with E-state index in [4.69, 9.17) is 5.11 Å². The third kappa shape index (κ3) is 1.97. The Morgan fingerprint density at radius 3 is 3.00 bits per heavy atom. The molecule has 0 radical (unpaired) electrons. The molecule has 1 spiro atoms. The number of aliphatic carboxylic acids is 1. The van der Waals surface area contributed by atoms with Crippen molar-refractivity contribution in [2.24, 2.45) is 0 Å². The summed E-state index contributed by atoms with van der Waals surface area (Å²) in [4.78, 5) is 10.8. The Kier molecular flexibility index (Phi) is 2.76. The summed E-state index contributed by atoms with van der Waals surface area (Å²) in [6.45, 7) is 0. The lowest BCUT2D eigenvalue weighted by Crippen LogP contribution is -2.48. The Morgan fingerprint density at radius 1 is 1.62 bits per heavy atom. The molecule has 0 aromatic heterocycles. The summed E-state index contributed by atoms with van der Waals surface area (Å²) in [5.74, 6) is 2.29. The lowest BCUT2D eigenvalue weighted by molar-refractivity contribution is -0.138. The van der Waals surface area contributed by atoms with Crippen LogP contribution in [0.25, 0.3) is 0 Å². The van der Waals surface area contributed by atoms with Crippen LogP contribution < -0.4 is 5.32 Å². The Labute approximate surface area is 86.0 Å². The number of rotatable bonds is 1. The van der Waals surface area contributed by atoms with Crippen molar-refractivity contribution in [1.82, 2.24) is 5.32 Å². The number of hydrogen-bond acceptors (Lipinski definition) is 4. The summed E-state index contributed by atoms with van der Waals surface area (Å²) in [7, 11) is 0. The van der Waals surface area contributed by atoms with Gasteiger partial charge in [-0.1, -0.05) is 0 Å². The van der Waals surface area contributed by atoms with Crippen LogP contribution in [0.4, 0.5) is 0 Å². The van der Waals surface area contributed by atoms with Crippen molar-refractivity contribution in [1.29, 1.82) is 0 Å². The van der Waals surface area contributed by atoms with E-state index >= 15 is 0 Å². The summed E-state index contributed by atoms with van der Waals surface area (Å²) < 4.78 is 0. The van der Waals surface area contributed by atoms with Gasteiger partial charge in [-0.05, 0) is 18.6 Å². The van der Waals surface area contributed by atoms with Crippen LogP contribution in [-0.2, 0) is 4.79 Å². The summed E-state index contributed by atoms with van der Waals surface area (Å²) >= 11 is 3.72. The minimum Gasteiger partial charge on any atom is -0.480 e. The molecular weight excluding hydrogens is 206 g/mol. The van der Waals surface area contributed by atoms with Gasteiger partial charge in [0.15, 0.2) is 0 Å². The quantitative estimate of drug-likeness (QED) is 0.689. The van der Waals surface area contributed by atoms with Crippen molar-refractivity contribution in [3.63, 3.8) is 0 Å². The molecule has 0 saturated carbocycles. The maximum atomic E-state index is 10.7. The monoisotopic (exact) mass is 219 g/mol. The van der Waals surface area contributed by atoms with E-state index in [1.165, 1.54) is 12.2 Å². The van der Waals surface area contributed by atoms with Gasteiger partial charge >= 0.3 is 5.97 Å². The lowest BCUT2D eigenvalue weighted by atomic mass is 10.1. The van der Waals surface area contributed by atoms with Gasteiger partial charge in [0.25, 0.3) is 0 Å². The molecule has 2 rings (SSSR count). The van der Waals surface area contributed by atoms with Gasteiger partial charge in [-0.15, -0.1) is 11.8 Å². The zero-order valence-corrected chi connectivity index (χ0v) is 8.92. The fourth-order valence-corrected chi connectivity index (χ4v) is 4.63. The summed E-state index contributed by atoms with van der Waals surface area (Å²) in [5.41, 5.74) is 0. The average molecular weight is 219 g/mol. The lowest BCUT2D eigenvalue weighted by Gasteiger charge is -2.32. The molecule has 2 heterocycles. The minimum atomic E-state index is -0.708.